The summed E-state index contributed by atoms with van der Waals surface area (Å²) in [6.07, 6.45) is 12.2. The van der Waals surface area contributed by atoms with Gasteiger partial charge in [0.15, 0.2) is 5.82 Å². The third-order valence-corrected chi connectivity index (χ3v) is 8.60. The summed E-state index contributed by atoms with van der Waals surface area (Å²) in [7, 11) is 1.66. The van der Waals surface area contributed by atoms with Crippen LogP contribution in [0.5, 0.6) is 5.88 Å². The van der Waals surface area contributed by atoms with Gasteiger partial charge in [0.05, 0.1) is 18.9 Å². The van der Waals surface area contributed by atoms with E-state index in [1.54, 1.807) is 7.11 Å². The van der Waals surface area contributed by atoms with E-state index in [1.165, 1.54) is 61.0 Å². The van der Waals surface area contributed by atoms with Crippen molar-refractivity contribution in [2.75, 3.05) is 48.1 Å². The molecule has 6 nitrogen and oxygen atoms in total. The Morgan fingerprint density at radius 3 is 1.93 bits per heavy atom. The van der Waals surface area contributed by atoms with Crippen molar-refractivity contribution >= 4 is 29.0 Å². The largest absolute Gasteiger partial charge is 0.481 e. The predicted molar refractivity (Wildman–Crippen MR) is 167 cm³/mol. The van der Waals surface area contributed by atoms with Crippen molar-refractivity contribution < 1.29 is 4.74 Å². The standard InChI is InChI=1S/C34H41N5O/c1-26-31(21-14-27-12-17-29(18-13-27)37-22-5-3-6-23-37)36-39(32-10-9-11-33(35-32)40-2)34(26)28-15-19-30(20-16-28)38-24-7-4-8-25-38/h9-21,26,34H,3-8,22-25H2,1-2H3. The van der Waals surface area contributed by atoms with Crippen LogP contribution in [0.2, 0.25) is 0 Å². The lowest BCUT2D eigenvalue weighted by molar-refractivity contribution is 0.397. The highest BCUT2D eigenvalue weighted by Gasteiger charge is 2.36. The zero-order valence-corrected chi connectivity index (χ0v) is 23.9. The number of methoxy groups -OCH3 is 1. The summed E-state index contributed by atoms with van der Waals surface area (Å²) in [4.78, 5) is 9.75. The van der Waals surface area contributed by atoms with Gasteiger partial charge in [-0.2, -0.15) is 10.1 Å². The zero-order valence-electron chi connectivity index (χ0n) is 23.9. The number of hydrogen-bond acceptors (Lipinski definition) is 6. The normalized spacial score (nSPS) is 21.6. The average molecular weight is 536 g/mol. The molecular formula is C34H41N5O. The van der Waals surface area contributed by atoms with E-state index < -0.39 is 0 Å². The molecule has 6 heteroatoms. The van der Waals surface area contributed by atoms with E-state index in [1.807, 2.05) is 18.2 Å². The maximum absolute atomic E-state index is 5.44. The van der Waals surface area contributed by atoms with E-state index in [0.717, 1.165) is 37.7 Å². The molecule has 3 aromatic rings. The lowest BCUT2D eigenvalue weighted by Crippen LogP contribution is -2.29. The Morgan fingerprint density at radius 1 is 0.725 bits per heavy atom. The molecular weight excluding hydrogens is 494 g/mol. The first-order valence-corrected chi connectivity index (χ1v) is 15.0. The van der Waals surface area contributed by atoms with Crippen LogP contribution in [-0.4, -0.2) is 44.0 Å². The predicted octanol–water partition coefficient (Wildman–Crippen LogP) is 7.34. The molecule has 2 unspecified atom stereocenters. The SMILES string of the molecule is COc1cccc(N2N=C(C=Cc3ccc(N4CCCCC4)cc3)C(C)C2c2ccc(N3CCCCC3)cc2)n1. The molecule has 2 atom stereocenters. The average Bonchev–Trinajstić information content (AvgIpc) is 3.37. The Balaban J connectivity index is 1.25. The van der Waals surface area contributed by atoms with Gasteiger partial charge in [0, 0.05) is 49.5 Å². The minimum absolute atomic E-state index is 0.0520. The van der Waals surface area contributed by atoms with Gasteiger partial charge in [-0.05, 0) is 86.1 Å². The number of anilines is 3. The number of aromatic nitrogens is 1. The lowest BCUT2D eigenvalue weighted by Gasteiger charge is -2.30. The third-order valence-electron chi connectivity index (χ3n) is 8.60. The van der Waals surface area contributed by atoms with Crippen molar-refractivity contribution in [1.29, 1.82) is 0 Å². The van der Waals surface area contributed by atoms with Gasteiger partial charge in [0.2, 0.25) is 5.88 Å². The molecule has 40 heavy (non-hydrogen) atoms. The number of hydrogen-bond donors (Lipinski definition) is 0. The Kier molecular flexibility index (Phi) is 8.03. The Bertz CT molecular complexity index is 1320. The van der Waals surface area contributed by atoms with E-state index in [-0.39, 0.29) is 12.0 Å². The lowest BCUT2D eigenvalue weighted by atomic mass is 9.91. The van der Waals surface area contributed by atoms with E-state index in [2.05, 4.69) is 82.4 Å². The fourth-order valence-electron chi connectivity index (χ4n) is 6.27. The van der Waals surface area contributed by atoms with Gasteiger partial charge in [-0.15, -0.1) is 0 Å². The second-order valence-corrected chi connectivity index (χ2v) is 11.3. The summed E-state index contributed by atoms with van der Waals surface area (Å²) in [6, 6.07) is 24.0. The molecule has 2 aromatic carbocycles. The molecule has 0 saturated carbocycles. The fraction of sp³-hybridized carbons (Fsp3) is 0.412. The maximum atomic E-state index is 5.44. The molecule has 2 fully saturated rings. The molecule has 1 aromatic heterocycles. The van der Waals surface area contributed by atoms with Crippen molar-refractivity contribution in [1.82, 2.24) is 4.98 Å². The summed E-state index contributed by atoms with van der Waals surface area (Å²) in [5, 5.41) is 7.19. The van der Waals surface area contributed by atoms with Crippen LogP contribution in [0.25, 0.3) is 6.08 Å². The Labute approximate surface area is 239 Å². The van der Waals surface area contributed by atoms with E-state index in [9.17, 15) is 0 Å². The van der Waals surface area contributed by atoms with Crippen LogP contribution in [0.1, 0.15) is 62.6 Å². The van der Waals surface area contributed by atoms with Crippen molar-refractivity contribution in [3.8, 4) is 5.88 Å². The smallest absolute Gasteiger partial charge is 0.214 e. The number of hydrazone groups is 1. The molecule has 0 radical (unpaired) electrons. The number of rotatable bonds is 7. The molecule has 3 aliphatic rings. The van der Waals surface area contributed by atoms with E-state index in [0.29, 0.717) is 5.88 Å². The number of allylic oxidation sites excluding steroid dienone is 1. The van der Waals surface area contributed by atoms with Crippen LogP contribution in [-0.2, 0) is 0 Å². The highest BCUT2D eigenvalue weighted by molar-refractivity contribution is 6.02. The van der Waals surface area contributed by atoms with Crippen molar-refractivity contribution in [3.05, 3.63) is 83.9 Å². The second kappa shape index (κ2) is 12.2. The molecule has 0 aliphatic carbocycles. The summed E-state index contributed by atoms with van der Waals surface area (Å²) in [6.45, 7) is 6.90. The van der Waals surface area contributed by atoms with Crippen molar-refractivity contribution in [2.24, 2.45) is 11.0 Å². The second-order valence-electron chi connectivity index (χ2n) is 11.3. The molecule has 0 amide bonds. The van der Waals surface area contributed by atoms with Crippen LogP contribution < -0.4 is 19.5 Å². The zero-order chi connectivity index (χ0) is 27.3. The number of nitrogens with zero attached hydrogens (tertiary/aromatic N) is 5. The van der Waals surface area contributed by atoms with Crippen molar-refractivity contribution in [2.45, 2.75) is 51.5 Å². The first-order chi connectivity index (χ1) is 19.7. The molecule has 2 saturated heterocycles. The molecule has 0 spiro atoms. The number of pyridine rings is 1. The van der Waals surface area contributed by atoms with Gasteiger partial charge < -0.3 is 14.5 Å². The minimum atomic E-state index is 0.0520. The van der Waals surface area contributed by atoms with Gasteiger partial charge in [-0.1, -0.05) is 43.3 Å². The molecule has 3 aliphatic heterocycles. The van der Waals surface area contributed by atoms with E-state index >= 15 is 0 Å². The Hall–Kier alpha value is -3.80. The van der Waals surface area contributed by atoms with Gasteiger partial charge >= 0.3 is 0 Å². The van der Waals surface area contributed by atoms with Gasteiger partial charge in [-0.3, -0.25) is 0 Å². The number of benzene rings is 2. The number of ether oxygens (including phenoxy) is 1. The summed E-state index contributed by atoms with van der Waals surface area (Å²) >= 11 is 0. The quantitative estimate of drug-likeness (QED) is 0.317. The molecule has 6 rings (SSSR count). The summed E-state index contributed by atoms with van der Waals surface area (Å²) < 4.78 is 5.44. The van der Waals surface area contributed by atoms with Crippen LogP contribution in [0, 0.1) is 5.92 Å². The third kappa shape index (κ3) is 5.72. The van der Waals surface area contributed by atoms with Crippen molar-refractivity contribution in [3.63, 3.8) is 0 Å². The molecule has 0 N–H and O–H groups in total. The van der Waals surface area contributed by atoms with Crippen LogP contribution in [0.4, 0.5) is 17.2 Å². The topological polar surface area (TPSA) is 44.2 Å². The van der Waals surface area contributed by atoms with E-state index in [4.69, 9.17) is 14.8 Å². The van der Waals surface area contributed by atoms with Crippen LogP contribution in [0.15, 0.2) is 77.9 Å². The molecule has 4 heterocycles. The monoisotopic (exact) mass is 535 g/mol. The summed E-state index contributed by atoms with van der Waals surface area (Å²) in [5.41, 5.74) is 6.13. The minimum Gasteiger partial charge on any atom is -0.481 e. The molecule has 208 valence electrons. The van der Waals surface area contributed by atoms with Gasteiger partial charge in [-0.25, -0.2) is 5.01 Å². The van der Waals surface area contributed by atoms with Crippen LogP contribution >= 0.6 is 0 Å². The molecule has 0 bridgehead atoms. The Morgan fingerprint density at radius 2 is 1.32 bits per heavy atom. The van der Waals surface area contributed by atoms with Crippen LogP contribution in [0.3, 0.4) is 0 Å². The van der Waals surface area contributed by atoms with Gasteiger partial charge in [0.1, 0.15) is 0 Å². The highest BCUT2D eigenvalue weighted by Crippen LogP contribution is 2.40. The van der Waals surface area contributed by atoms with Gasteiger partial charge in [0.25, 0.3) is 0 Å². The first-order valence-electron chi connectivity index (χ1n) is 15.0. The first kappa shape index (κ1) is 26.4. The fourth-order valence-corrected chi connectivity index (χ4v) is 6.27. The highest BCUT2D eigenvalue weighted by atomic mass is 16.5. The maximum Gasteiger partial charge on any atom is 0.214 e. The number of piperidine rings is 2. The summed E-state index contributed by atoms with van der Waals surface area (Å²) in [5.74, 6) is 1.58.